The van der Waals surface area contributed by atoms with Crippen LogP contribution in [0.5, 0.6) is 0 Å². The molecule has 4 saturated heterocycles. The average molecular weight is 400 g/mol. The van der Waals surface area contributed by atoms with Crippen LogP contribution in [0.3, 0.4) is 0 Å². The van der Waals surface area contributed by atoms with Crippen molar-refractivity contribution < 1.29 is 17.9 Å². The van der Waals surface area contributed by atoms with Crippen LogP contribution in [0.1, 0.15) is 58.3 Å². The van der Waals surface area contributed by atoms with Crippen LogP contribution in [0, 0.1) is 5.41 Å². The number of nitrogens with zero attached hydrogens (tertiary/aromatic N) is 2. The Morgan fingerprint density at radius 3 is 2.33 bits per heavy atom. The molecule has 8 heteroatoms. The Balaban J connectivity index is 1.49. The lowest BCUT2D eigenvalue weighted by Gasteiger charge is -2.43. The summed E-state index contributed by atoms with van der Waals surface area (Å²) in [5.74, 6) is 0.252. The summed E-state index contributed by atoms with van der Waals surface area (Å²) in [7, 11) is -3.50. The topological polar surface area (TPSA) is 92.9 Å². The maximum Gasteiger partial charge on any atom is 0.230 e. The van der Waals surface area contributed by atoms with Gasteiger partial charge in [0.05, 0.1) is 10.7 Å². The molecule has 3 atom stereocenters. The molecular weight excluding hydrogens is 366 g/mol. The quantitative estimate of drug-likeness (QED) is 0.764. The van der Waals surface area contributed by atoms with Gasteiger partial charge < -0.3 is 9.64 Å². The van der Waals surface area contributed by atoms with Crippen molar-refractivity contribution in [3.8, 4) is 0 Å². The van der Waals surface area contributed by atoms with E-state index in [1.165, 1.54) is 6.42 Å². The van der Waals surface area contributed by atoms with Crippen LogP contribution in [0.4, 0.5) is 0 Å². The van der Waals surface area contributed by atoms with Gasteiger partial charge in [0.1, 0.15) is 0 Å². The number of rotatable bonds is 4. The minimum atomic E-state index is -3.50. The van der Waals surface area contributed by atoms with Gasteiger partial charge in [-0.05, 0) is 51.4 Å². The zero-order valence-corrected chi connectivity index (χ0v) is 17.1. The van der Waals surface area contributed by atoms with E-state index in [1.54, 1.807) is 0 Å². The second kappa shape index (κ2) is 7.28. The van der Waals surface area contributed by atoms with Crippen molar-refractivity contribution >= 4 is 15.9 Å². The maximum atomic E-state index is 13.6. The Morgan fingerprint density at radius 1 is 1.07 bits per heavy atom. The Hall–Kier alpha value is -0.700. The molecule has 0 aromatic carbocycles. The molecular formula is C19H33N3O4S. The smallest absolute Gasteiger partial charge is 0.230 e. The highest BCUT2D eigenvalue weighted by molar-refractivity contribution is 7.89. The number of fused-ring (bicyclic) bond motifs is 2. The number of sulfonamides is 1. The van der Waals surface area contributed by atoms with Crippen LogP contribution >= 0.6 is 0 Å². The van der Waals surface area contributed by atoms with Crippen molar-refractivity contribution in [3.63, 3.8) is 0 Å². The van der Waals surface area contributed by atoms with E-state index in [4.69, 9.17) is 9.88 Å². The summed E-state index contributed by atoms with van der Waals surface area (Å²) in [5.41, 5.74) is -0.296. The number of carbonyl (C=O) groups is 1. The predicted octanol–water partition coefficient (Wildman–Crippen LogP) is 1.08. The van der Waals surface area contributed by atoms with E-state index >= 15 is 0 Å². The molecule has 0 spiro atoms. The summed E-state index contributed by atoms with van der Waals surface area (Å²) in [5, 5.41) is 4.81. The highest BCUT2D eigenvalue weighted by atomic mass is 32.2. The normalized spacial score (nSPS) is 36.4. The number of primary sulfonamides is 1. The number of nitrogens with two attached hydrogens (primary N) is 1. The molecule has 2 bridgehead atoms. The van der Waals surface area contributed by atoms with E-state index < -0.39 is 15.3 Å². The lowest BCUT2D eigenvalue weighted by molar-refractivity contribution is -0.145. The Kier molecular flexibility index (Phi) is 5.29. The van der Waals surface area contributed by atoms with Gasteiger partial charge in [0.25, 0.3) is 0 Å². The van der Waals surface area contributed by atoms with Crippen molar-refractivity contribution in [1.82, 2.24) is 9.80 Å². The summed E-state index contributed by atoms with van der Waals surface area (Å²) in [6, 6.07) is 1.40. The molecule has 4 heterocycles. The molecule has 1 amide bonds. The SMILES string of the molecule is CC[C@]1(C(=O)N2CCC(S(N)(=O)=O)CC2)C[C@H]2CC[C@@H]1N2C1CCOCC1. The van der Waals surface area contributed by atoms with Gasteiger partial charge in [0, 0.05) is 44.4 Å². The third-order valence-corrected chi connectivity index (χ3v) is 9.06. The lowest BCUT2D eigenvalue weighted by Crippen LogP contribution is -2.54. The molecule has 0 aromatic rings. The summed E-state index contributed by atoms with van der Waals surface area (Å²) < 4.78 is 28.8. The van der Waals surface area contributed by atoms with Crippen molar-refractivity contribution in [2.75, 3.05) is 26.3 Å². The highest BCUT2D eigenvalue weighted by Gasteiger charge is 2.61. The molecule has 2 N–H and O–H groups in total. The first kappa shape index (κ1) is 19.6. The van der Waals surface area contributed by atoms with Gasteiger partial charge in [-0.1, -0.05) is 6.92 Å². The van der Waals surface area contributed by atoms with Gasteiger partial charge in [-0.25, -0.2) is 13.6 Å². The fourth-order valence-electron chi connectivity index (χ4n) is 6.23. The molecule has 4 aliphatic rings. The molecule has 0 unspecified atom stereocenters. The summed E-state index contributed by atoms with van der Waals surface area (Å²) >= 11 is 0. The number of likely N-dealkylation sites (tertiary alicyclic amines) is 1. The number of hydrogen-bond acceptors (Lipinski definition) is 5. The third-order valence-electron chi connectivity index (χ3n) is 7.66. The van der Waals surface area contributed by atoms with Crippen molar-refractivity contribution in [2.45, 2.75) is 81.7 Å². The summed E-state index contributed by atoms with van der Waals surface area (Å²) in [6.45, 7) is 4.83. The zero-order valence-electron chi connectivity index (χ0n) is 16.3. The minimum absolute atomic E-state index is 0.252. The first-order valence-corrected chi connectivity index (χ1v) is 12.1. The number of ether oxygens (including phenoxy) is 1. The summed E-state index contributed by atoms with van der Waals surface area (Å²) in [6.07, 6.45) is 7.19. The zero-order chi connectivity index (χ0) is 19.2. The number of amides is 1. The fraction of sp³-hybridized carbons (Fsp3) is 0.947. The monoisotopic (exact) mass is 399 g/mol. The molecule has 4 aliphatic heterocycles. The molecule has 0 aromatic heterocycles. The lowest BCUT2D eigenvalue weighted by atomic mass is 9.70. The molecule has 0 radical (unpaired) electrons. The molecule has 4 fully saturated rings. The first-order chi connectivity index (χ1) is 12.9. The van der Waals surface area contributed by atoms with Gasteiger partial charge in [0.15, 0.2) is 0 Å². The molecule has 0 saturated carbocycles. The van der Waals surface area contributed by atoms with E-state index in [1.807, 2.05) is 4.90 Å². The van der Waals surface area contributed by atoms with E-state index in [0.29, 0.717) is 44.1 Å². The van der Waals surface area contributed by atoms with Crippen molar-refractivity contribution in [3.05, 3.63) is 0 Å². The van der Waals surface area contributed by atoms with Crippen LogP contribution in [0.2, 0.25) is 0 Å². The van der Waals surface area contributed by atoms with Gasteiger partial charge >= 0.3 is 0 Å². The Morgan fingerprint density at radius 2 is 1.74 bits per heavy atom. The van der Waals surface area contributed by atoms with Crippen LogP contribution in [-0.2, 0) is 19.6 Å². The van der Waals surface area contributed by atoms with Gasteiger partial charge in [-0.2, -0.15) is 0 Å². The van der Waals surface area contributed by atoms with Crippen LogP contribution < -0.4 is 5.14 Å². The fourth-order valence-corrected chi connectivity index (χ4v) is 7.10. The minimum Gasteiger partial charge on any atom is -0.381 e. The Bertz CT molecular complexity index is 670. The second-order valence-corrected chi connectivity index (χ2v) is 10.7. The number of carbonyl (C=O) groups excluding carboxylic acids is 1. The molecule has 0 aliphatic carbocycles. The molecule has 4 rings (SSSR count). The highest BCUT2D eigenvalue weighted by Crippen LogP contribution is 2.54. The first-order valence-electron chi connectivity index (χ1n) is 10.5. The Labute approximate surface area is 162 Å². The van der Waals surface area contributed by atoms with E-state index in [-0.39, 0.29) is 11.3 Å². The molecule has 27 heavy (non-hydrogen) atoms. The van der Waals surface area contributed by atoms with Crippen LogP contribution in [0.15, 0.2) is 0 Å². The predicted molar refractivity (Wildman–Crippen MR) is 103 cm³/mol. The standard InChI is InChI=1S/C19H33N3O4S/c1-2-19(18(23)21-9-5-16(6-10-21)27(20,24)25)13-15-3-4-17(19)22(15)14-7-11-26-12-8-14/h14-17H,2-13H2,1H3,(H2,20,24,25)/t15-,17+,19+/m1/s1. The number of hydrogen-bond donors (Lipinski definition) is 1. The maximum absolute atomic E-state index is 13.6. The second-order valence-electron chi connectivity index (χ2n) is 8.83. The van der Waals surface area contributed by atoms with Gasteiger partial charge in [-0.15, -0.1) is 0 Å². The van der Waals surface area contributed by atoms with E-state index in [9.17, 15) is 13.2 Å². The third kappa shape index (κ3) is 3.32. The number of piperidine rings is 1. The summed E-state index contributed by atoms with van der Waals surface area (Å²) in [4.78, 5) is 18.2. The van der Waals surface area contributed by atoms with E-state index in [2.05, 4.69) is 11.8 Å². The molecule has 7 nitrogen and oxygen atoms in total. The van der Waals surface area contributed by atoms with Gasteiger partial charge in [0.2, 0.25) is 15.9 Å². The van der Waals surface area contributed by atoms with Crippen molar-refractivity contribution in [2.24, 2.45) is 10.6 Å². The van der Waals surface area contributed by atoms with E-state index in [0.717, 1.165) is 45.3 Å². The largest absolute Gasteiger partial charge is 0.381 e. The van der Waals surface area contributed by atoms with Crippen LogP contribution in [0.25, 0.3) is 0 Å². The van der Waals surface area contributed by atoms with Crippen molar-refractivity contribution in [1.29, 1.82) is 0 Å². The molecule has 154 valence electrons. The van der Waals surface area contributed by atoms with Gasteiger partial charge in [-0.3, -0.25) is 9.69 Å². The average Bonchev–Trinajstić information content (AvgIpc) is 3.24. The van der Waals surface area contributed by atoms with Crippen LogP contribution in [-0.4, -0.2) is 73.8 Å².